The zero-order chi connectivity index (χ0) is 15.5. The molecule has 0 heterocycles. The molecule has 2 aromatic rings. The predicted molar refractivity (Wildman–Crippen MR) is 78.0 cm³/mol. The van der Waals surface area contributed by atoms with Crippen LogP contribution in [-0.2, 0) is 10.7 Å². The number of halogens is 3. The molecule has 0 saturated carbocycles. The zero-order valence-electron chi connectivity index (χ0n) is 11.3. The van der Waals surface area contributed by atoms with Gasteiger partial charge in [-0.1, -0.05) is 35.9 Å². The van der Waals surface area contributed by atoms with E-state index < -0.39 is 12.3 Å². The standard InChI is InChI=1S/C16H13ClF2O2/c1-21-15-10-12(16(18,19)8-9-20)4-7-14(15)11-2-5-13(17)6-3-11/h2-7,9-10H,8H2,1H3. The molecule has 0 saturated heterocycles. The number of benzene rings is 2. The smallest absolute Gasteiger partial charge is 0.279 e. The van der Waals surface area contributed by atoms with Crippen LogP contribution in [0.2, 0.25) is 5.02 Å². The summed E-state index contributed by atoms with van der Waals surface area (Å²) in [6.45, 7) is 0. The second-order valence-electron chi connectivity index (χ2n) is 4.50. The second-order valence-corrected chi connectivity index (χ2v) is 4.93. The molecule has 21 heavy (non-hydrogen) atoms. The molecular weight excluding hydrogens is 298 g/mol. The van der Waals surface area contributed by atoms with E-state index in [9.17, 15) is 13.6 Å². The fourth-order valence-corrected chi connectivity index (χ4v) is 2.14. The molecule has 110 valence electrons. The van der Waals surface area contributed by atoms with E-state index in [1.54, 1.807) is 30.3 Å². The third kappa shape index (κ3) is 3.39. The van der Waals surface area contributed by atoms with Crippen molar-refractivity contribution < 1.29 is 18.3 Å². The molecule has 0 bridgehead atoms. The summed E-state index contributed by atoms with van der Waals surface area (Å²) >= 11 is 5.83. The summed E-state index contributed by atoms with van der Waals surface area (Å²) < 4.78 is 32.7. The highest BCUT2D eigenvalue weighted by Crippen LogP contribution is 2.37. The van der Waals surface area contributed by atoms with Gasteiger partial charge in [0.2, 0.25) is 0 Å². The Morgan fingerprint density at radius 2 is 1.86 bits per heavy atom. The average molecular weight is 311 g/mol. The maximum absolute atomic E-state index is 13.8. The minimum absolute atomic E-state index is 0.208. The van der Waals surface area contributed by atoms with Crippen molar-refractivity contribution in [2.75, 3.05) is 7.11 Å². The molecule has 0 fully saturated rings. The van der Waals surface area contributed by atoms with E-state index in [1.807, 2.05) is 0 Å². The lowest BCUT2D eigenvalue weighted by Crippen LogP contribution is -2.14. The van der Waals surface area contributed by atoms with Crippen LogP contribution < -0.4 is 4.74 Å². The Bertz CT molecular complexity index is 639. The summed E-state index contributed by atoms with van der Waals surface area (Å²) in [7, 11) is 1.41. The Labute approximate surface area is 126 Å². The molecule has 2 nitrogen and oxygen atoms in total. The molecule has 0 unspecified atom stereocenters. The van der Waals surface area contributed by atoms with Gasteiger partial charge in [0.15, 0.2) is 0 Å². The number of carbonyl (C=O) groups excluding carboxylic acids is 1. The van der Waals surface area contributed by atoms with Gasteiger partial charge in [-0.15, -0.1) is 0 Å². The topological polar surface area (TPSA) is 26.3 Å². The predicted octanol–water partition coefficient (Wildman–Crippen LogP) is 4.70. The quantitative estimate of drug-likeness (QED) is 0.748. The highest BCUT2D eigenvalue weighted by molar-refractivity contribution is 6.30. The molecule has 0 spiro atoms. The number of hydrogen-bond donors (Lipinski definition) is 0. The Balaban J connectivity index is 2.46. The van der Waals surface area contributed by atoms with Gasteiger partial charge in [0.1, 0.15) is 12.0 Å². The number of rotatable bonds is 5. The average Bonchev–Trinajstić information content (AvgIpc) is 2.47. The van der Waals surface area contributed by atoms with Gasteiger partial charge in [0.25, 0.3) is 5.92 Å². The lowest BCUT2D eigenvalue weighted by atomic mass is 9.99. The van der Waals surface area contributed by atoms with Crippen molar-refractivity contribution in [1.29, 1.82) is 0 Å². The first-order valence-electron chi connectivity index (χ1n) is 6.24. The lowest BCUT2D eigenvalue weighted by Gasteiger charge is -2.16. The van der Waals surface area contributed by atoms with Crippen molar-refractivity contribution in [1.82, 2.24) is 0 Å². The largest absolute Gasteiger partial charge is 0.496 e. The molecular formula is C16H13ClF2O2. The van der Waals surface area contributed by atoms with Crippen LogP contribution in [0, 0.1) is 0 Å². The molecule has 2 rings (SSSR count). The molecule has 0 atom stereocenters. The Hall–Kier alpha value is -1.94. The normalized spacial score (nSPS) is 11.2. The van der Waals surface area contributed by atoms with E-state index in [2.05, 4.69) is 0 Å². The van der Waals surface area contributed by atoms with Crippen LogP contribution in [-0.4, -0.2) is 13.4 Å². The van der Waals surface area contributed by atoms with Crippen molar-refractivity contribution in [2.24, 2.45) is 0 Å². The van der Waals surface area contributed by atoms with Gasteiger partial charge < -0.3 is 9.53 Å². The van der Waals surface area contributed by atoms with Crippen molar-refractivity contribution in [3.8, 4) is 16.9 Å². The van der Waals surface area contributed by atoms with Crippen LogP contribution in [0.5, 0.6) is 5.75 Å². The second kappa shape index (κ2) is 6.22. The van der Waals surface area contributed by atoms with Crippen LogP contribution in [0.4, 0.5) is 8.78 Å². The monoisotopic (exact) mass is 310 g/mol. The minimum Gasteiger partial charge on any atom is -0.496 e. The number of aldehydes is 1. The van der Waals surface area contributed by atoms with Gasteiger partial charge in [-0.05, 0) is 23.8 Å². The van der Waals surface area contributed by atoms with E-state index in [0.717, 1.165) is 5.56 Å². The highest BCUT2D eigenvalue weighted by atomic mass is 35.5. The molecule has 0 N–H and O–H groups in total. The molecule has 0 aliphatic heterocycles. The van der Waals surface area contributed by atoms with Crippen molar-refractivity contribution in [3.63, 3.8) is 0 Å². The highest BCUT2D eigenvalue weighted by Gasteiger charge is 2.31. The maximum Gasteiger partial charge on any atom is 0.279 e. The van der Waals surface area contributed by atoms with Crippen molar-refractivity contribution in [3.05, 3.63) is 53.1 Å². The SMILES string of the molecule is COc1cc(C(F)(F)CC=O)ccc1-c1ccc(Cl)cc1. The number of ether oxygens (including phenoxy) is 1. The first kappa shape index (κ1) is 15.4. The van der Waals surface area contributed by atoms with Crippen LogP contribution in [0.3, 0.4) is 0 Å². The molecule has 5 heteroatoms. The van der Waals surface area contributed by atoms with Crippen LogP contribution in [0.25, 0.3) is 11.1 Å². The number of methoxy groups -OCH3 is 1. The Morgan fingerprint density at radius 1 is 1.19 bits per heavy atom. The summed E-state index contributed by atoms with van der Waals surface area (Å²) in [5.41, 5.74) is 1.24. The molecule has 0 aliphatic carbocycles. The molecule has 0 radical (unpaired) electrons. The lowest BCUT2D eigenvalue weighted by molar-refractivity contribution is -0.115. The van der Waals surface area contributed by atoms with Gasteiger partial charge in [-0.25, -0.2) is 8.78 Å². The van der Waals surface area contributed by atoms with Gasteiger partial charge >= 0.3 is 0 Å². The van der Waals surface area contributed by atoms with Crippen molar-refractivity contribution in [2.45, 2.75) is 12.3 Å². The van der Waals surface area contributed by atoms with E-state index in [4.69, 9.17) is 16.3 Å². The Morgan fingerprint density at radius 3 is 2.43 bits per heavy atom. The minimum atomic E-state index is -3.20. The van der Waals surface area contributed by atoms with Crippen LogP contribution in [0.1, 0.15) is 12.0 Å². The van der Waals surface area contributed by atoms with Crippen molar-refractivity contribution >= 4 is 17.9 Å². The molecule has 0 aliphatic rings. The Kier molecular flexibility index (Phi) is 4.58. The summed E-state index contributed by atoms with van der Waals surface area (Å²) in [5, 5.41) is 0.590. The molecule has 0 amide bonds. The number of hydrogen-bond acceptors (Lipinski definition) is 2. The van der Waals surface area contributed by atoms with E-state index in [-0.39, 0.29) is 11.8 Å². The zero-order valence-corrected chi connectivity index (χ0v) is 12.0. The summed E-state index contributed by atoms with van der Waals surface area (Å²) in [6, 6.07) is 11.1. The first-order valence-corrected chi connectivity index (χ1v) is 6.61. The number of carbonyl (C=O) groups is 1. The number of alkyl halides is 2. The van der Waals surface area contributed by atoms with E-state index in [0.29, 0.717) is 16.3 Å². The van der Waals surface area contributed by atoms with Gasteiger partial charge in [-0.3, -0.25) is 0 Å². The van der Waals surface area contributed by atoms with Crippen LogP contribution >= 0.6 is 11.6 Å². The summed E-state index contributed by atoms with van der Waals surface area (Å²) in [4.78, 5) is 10.3. The van der Waals surface area contributed by atoms with Gasteiger partial charge in [0.05, 0.1) is 13.5 Å². The van der Waals surface area contributed by atoms with Gasteiger partial charge in [0, 0.05) is 16.1 Å². The van der Waals surface area contributed by atoms with Gasteiger partial charge in [-0.2, -0.15) is 0 Å². The molecule has 2 aromatic carbocycles. The third-order valence-electron chi connectivity index (χ3n) is 3.12. The summed E-state index contributed by atoms with van der Waals surface area (Å²) in [6.07, 6.45) is -0.643. The fourth-order valence-electron chi connectivity index (χ4n) is 2.01. The fraction of sp³-hybridized carbons (Fsp3) is 0.188. The van der Waals surface area contributed by atoms with E-state index >= 15 is 0 Å². The third-order valence-corrected chi connectivity index (χ3v) is 3.37. The van der Waals surface area contributed by atoms with Crippen LogP contribution in [0.15, 0.2) is 42.5 Å². The van der Waals surface area contributed by atoms with E-state index in [1.165, 1.54) is 19.2 Å². The first-order chi connectivity index (χ1) is 9.97. The summed E-state index contributed by atoms with van der Waals surface area (Å²) in [5.74, 6) is -2.88. The molecule has 0 aromatic heterocycles. The maximum atomic E-state index is 13.8.